The highest BCUT2D eigenvalue weighted by atomic mass is 16.3. The van der Waals surface area contributed by atoms with Crippen LogP contribution in [-0.4, -0.2) is 46.4 Å². The normalized spacial score (nSPS) is 23.1. The van der Waals surface area contributed by atoms with Crippen molar-refractivity contribution < 1.29 is 9.90 Å². The van der Waals surface area contributed by atoms with E-state index in [1.165, 1.54) is 5.56 Å². The van der Waals surface area contributed by atoms with Crippen LogP contribution in [0.15, 0.2) is 36.4 Å². The molecule has 1 aliphatic heterocycles. The lowest BCUT2D eigenvalue weighted by molar-refractivity contribution is -0.124. The van der Waals surface area contributed by atoms with Crippen LogP contribution in [0.1, 0.15) is 49.4 Å². The molecule has 2 N–H and O–H groups in total. The second kappa shape index (κ2) is 7.17. The van der Waals surface area contributed by atoms with Crippen molar-refractivity contribution in [3.8, 4) is 0 Å². The van der Waals surface area contributed by atoms with Crippen molar-refractivity contribution in [1.82, 2.24) is 15.5 Å². The Morgan fingerprint density at radius 3 is 2.43 bits per heavy atom. The summed E-state index contributed by atoms with van der Waals surface area (Å²) in [5.74, 6) is 1.22. The molecule has 1 amide bonds. The van der Waals surface area contributed by atoms with Crippen molar-refractivity contribution >= 4 is 11.7 Å². The van der Waals surface area contributed by atoms with Crippen LogP contribution < -0.4 is 10.2 Å². The molecule has 6 nitrogen and oxygen atoms in total. The van der Waals surface area contributed by atoms with Crippen molar-refractivity contribution in [3.63, 3.8) is 0 Å². The molecule has 2 heterocycles. The lowest BCUT2D eigenvalue weighted by atomic mass is 9.92. The van der Waals surface area contributed by atoms with Gasteiger partial charge in [0.05, 0.1) is 23.3 Å². The van der Waals surface area contributed by atoms with Gasteiger partial charge in [0.15, 0.2) is 5.82 Å². The first-order valence-electron chi connectivity index (χ1n) is 10.0. The number of anilines is 1. The number of nitrogens with zero attached hydrogens (tertiary/aromatic N) is 3. The molecular formula is C22H28N4O2. The molecule has 1 aromatic heterocycles. The maximum absolute atomic E-state index is 13.1. The highest BCUT2D eigenvalue weighted by Crippen LogP contribution is 2.48. The number of carbonyl (C=O) groups excluding carboxylic acids is 1. The van der Waals surface area contributed by atoms with E-state index < -0.39 is 11.5 Å². The van der Waals surface area contributed by atoms with E-state index in [0.717, 1.165) is 29.9 Å². The molecule has 4 rings (SSSR count). The van der Waals surface area contributed by atoms with Crippen molar-refractivity contribution in [2.24, 2.45) is 0 Å². The van der Waals surface area contributed by atoms with Crippen LogP contribution in [0.3, 0.4) is 0 Å². The van der Waals surface area contributed by atoms with Gasteiger partial charge in [0, 0.05) is 13.1 Å². The topological polar surface area (TPSA) is 78.4 Å². The van der Waals surface area contributed by atoms with Gasteiger partial charge in [-0.3, -0.25) is 4.79 Å². The van der Waals surface area contributed by atoms with E-state index in [2.05, 4.69) is 53.6 Å². The number of nitrogens with one attached hydrogen (secondary N) is 1. The van der Waals surface area contributed by atoms with Crippen molar-refractivity contribution in [2.75, 3.05) is 18.0 Å². The van der Waals surface area contributed by atoms with E-state index in [9.17, 15) is 9.90 Å². The smallest absolute Gasteiger partial charge is 0.231 e. The largest absolute Gasteiger partial charge is 0.389 e. The van der Waals surface area contributed by atoms with Gasteiger partial charge < -0.3 is 15.3 Å². The quantitative estimate of drug-likeness (QED) is 0.832. The fourth-order valence-electron chi connectivity index (χ4n) is 3.94. The van der Waals surface area contributed by atoms with Crippen molar-refractivity contribution in [3.05, 3.63) is 53.2 Å². The Morgan fingerprint density at radius 1 is 1.14 bits per heavy atom. The summed E-state index contributed by atoms with van der Waals surface area (Å²) >= 11 is 0. The molecule has 2 fully saturated rings. The van der Waals surface area contributed by atoms with E-state index >= 15 is 0 Å². The van der Waals surface area contributed by atoms with E-state index in [0.29, 0.717) is 19.0 Å². The minimum Gasteiger partial charge on any atom is -0.389 e. The van der Waals surface area contributed by atoms with Crippen LogP contribution in [-0.2, 0) is 10.2 Å². The zero-order chi connectivity index (χ0) is 19.9. The molecule has 0 bridgehead atoms. The number of rotatable bonds is 5. The highest BCUT2D eigenvalue weighted by molar-refractivity contribution is 5.91. The minimum atomic E-state index is -0.619. The van der Waals surface area contributed by atoms with E-state index in [1.54, 1.807) is 0 Å². The second-order valence-corrected chi connectivity index (χ2v) is 8.44. The maximum Gasteiger partial charge on any atom is 0.231 e. The van der Waals surface area contributed by atoms with Crippen molar-refractivity contribution in [2.45, 2.75) is 57.1 Å². The molecule has 6 heteroatoms. The third kappa shape index (κ3) is 3.49. The molecule has 0 unspecified atom stereocenters. The SMILES string of the molecule is Cc1ccc(N2C[C@H](O)[C@H](NC(=O)C3(c4ccc(C(C)C)cc4)CC3)C2)nn1. The number of carbonyl (C=O) groups is 1. The maximum atomic E-state index is 13.1. The van der Waals surface area contributed by atoms with Crippen LogP contribution in [0.5, 0.6) is 0 Å². The molecular weight excluding hydrogens is 352 g/mol. The number of aryl methyl sites for hydroxylation is 1. The number of aromatic nitrogens is 2. The van der Waals surface area contributed by atoms with Gasteiger partial charge >= 0.3 is 0 Å². The Morgan fingerprint density at radius 2 is 1.86 bits per heavy atom. The summed E-state index contributed by atoms with van der Waals surface area (Å²) in [7, 11) is 0. The standard InChI is InChI=1S/C22H28N4O2/c1-14(2)16-5-7-17(8-6-16)22(10-11-22)21(28)23-18-12-26(13-19(18)27)20-9-4-15(3)24-25-20/h4-9,14,18-19,27H,10-13H2,1-3H3,(H,23,28)/t18-,19+/m1/s1. The van der Waals surface area contributed by atoms with Gasteiger partial charge in [0.2, 0.25) is 5.91 Å². The number of amides is 1. The molecule has 2 aliphatic rings. The molecule has 1 saturated heterocycles. The third-order valence-corrected chi connectivity index (χ3v) is 6.03. The Kier molecular flexibility index (Phi) is 4.83. The van der Waals surface area contributed by atoms with E-state index in [-0.39, 0.29) is 11.9 Å². The first-order valence-corrected chi connectivity index (χ1v) is 10.0. The predicted molar refractivity (Wildman–Crippen MR) is 108 cm³/mol. The van der Waals surface area contributed by atoms with Gasteiger partial charge in [0.25, 0.3) is 0 Å². The summed E-state index contributed by atoms with van der Waals surface area (Å²) in [6.07, 6.45) is 1.09. The fraction of sp³-hybridized carbons (Fsp3) is 0.500. The highest BCUT2D eigenvalue weighted by Gasteiger charge is 2.52. The third-order valence-electron chi connectivity index (χ3n) is 6.03. The van der Waals surface area contributed by atoms with Gasteiger partial charge in [0.1, 0.15) is 0 Å². The Hall–Kier alpha value is -2.47. The predicted octanol–water partition coefficient (Wildman–Crippen LogP) is 2.31. The minimum absolute atomic E-state index is 0.0192. The zero-order valence-electron chi connectivity index (χ0n) is 16.7. The molecule has 28 heavy (non-hydrogen) atoms. The van der Waals surface area contributed by atoms with Gasteiger partial charge in [-0.25, -0.2) is 0 Å². The summed E-state index contributed by atoms with van der Waals surface area (Å²) in [6.45, 7) is 7.20. The van der Waals surface area contributed by atoms with Crippen LogP contribution >= 0.6 is 0 Å². The van der Waals surface area contributed by atoms with E-state index in [1.807, 2.05) is 24.0 Å². The summed E-state index contributed by atoms with van der Waals surface area (Å²) in [5, 5.41) is 21.8. The summed E-state index contributed by atoms with van der Waals surface area (Å²) in [5.41, 5.74) is 2.77. The monoisotopic (exact) mass is 380 g/mol. The Bertz CT molecular complexity index is 844. The summed E-state index contributed by atoms with van der Waals surface area (Å²) in [4.78, 5) is 15.0. The summed E-state index contributed by atoms with van der Waals surface area (Å²) in [6, 6.07) is 11.9. The molecule has 148 valence electrons. The molecule has 2 atom stereocenters. The Balaban J connectivity index is 1.43. The Labute approximate surface area is 166 Å². The number of hydrogen-bond acceptors (Lipinski definition) is 5. The van der Waals surface area contributed by atoms with Crippen LogP contribution in [0.25, 0.3) is 0 Å². The van der Waals surface area contributed by atoms with Gasteiger partial charge in [-0.15, -0.1) is 5.10 Å². The second-order valence-electron chi connectivity index (χ2n) is 8.44. The van der Waals surface area contributed by atoms with Crippen LogP contribution in [0.4, 0.5) is 5.82 Å². The number of hydrogen-bond donors (Lipinski definition) is 2. The lowest BCUT2D eigenvalue weighted by Gasteiger charge is -2.22. The van der Waals surface area contributed by atoms with E-state index in [4.69, 9.17) is 0 Å². The zero-order valence-corrected chi connectivity index (χ0v) is 16.7. The average Bonchev–Trinajstić information content (AvgIpc) is 3.42. The van der Waals surface area contributed by atoms with Gasteiger partial charge in [-0.1, -0.05) is 38.1 Å². The fourth-order valence-corrected chi connectivity index (χ4v) is 3.94. The number of aliphatic hydroxyl groups is 1. The number of β-amino-alcohol motifs (C(OH)–C–C–N with tert-alkyl or cyclic N) is 1. The molecule has 1 aromatic carbocycles. The summed E-state index contributed by atoms with van der Waals surface area (Å²) < 4.78 is 0. The first kappa shape index (κ1) is 18.9. The lowest BCUT2D eigenvalue weighted by Crippen LogP contribution is -2.47. The molecule has 2 aromatic rings. The van der Waals surface area contributed by atoms with Crippen molar-refractivity contribution in [1.29, 1.82) is 0 Å². The van der Waals surface area contributed by atoms with Gasteiger partial charge in [-0.05, 0) is 48.9 Å². The average molecular weight is 380 g/mol. The molecule has 0 radical (unpaired) electrons. The number of aliphatic hydroxyl groups excluding tert-OH is 1. The number of benzene rings is 1. The van der Waals surface area contributed by atoms with Crippen LogP contribution in [0.2, 0.25) is 0 Å². The molecule has 1 saturated carbocycles. The van der Waals surface area contributed by atoms with Crippen LogP contribution in [0, 0.1) is 6.92 Å². The van der Waals surface area contributed by atoms with Gasteiger partial charge in [-0.2, -0.15) is 5.10 Å². The first-order chi connectivity index (χ1) is 13.4. The molecule has 0 spiro atoms. The molecule has 1 aliphatic carbocycles.